The fraction of sp³-hybridized carbons (Fsp3) is 0.615. The number of amides is 6. The van der Waals surface area contributed by atoms with Gasteiger partial charge in [-0.25, -0.2) is 0 Å². The average Bonchev–Trinajstić information content (AvgIpc) is 3.68. The zero-order valence-electron chi connectivity index (χ0n) is 47.7. The number of nitrogens with zero attached hydrogens (tertiary/aromatic N) is 2. The predicted octanol–water partition coefficient (Wildman–Crippen LogP) is 5.34. The first-order chi connectivity index (χ1) is 34.2. The van der Waals surface area contributed by atoms with Crippen LogP contribution in [0.2, 0.25) is 0 Å². The van der Waals surface area contributed by atoms with Crippen molar-refractivity contribution >= 4 is 228 Å². The van der Waals surface area contributed by atoms with Crippen molar-refractivity contribution in [3.8, 4) is 0 Å². The minimum atomic E-state index is -1.03. The molecule has 5 aliphatic rings. The third-order valence-electron chi connectivity index (χ3n) is 15.2. The molecule has 1 saturated carbocycles. The molecule has 4 saturated heterocycles. The first kappa shape index (κ1) is 87.6. The second kappa shape index (κ2) is 39.2. The van der Waals surface area contributed by atoms with Gasteiger partial charge in [0.2, 0.25) is 35.4 Å². The van der Waals surface area contributed by atoms with E-state index in [9.17, 15) is 28.8 Å². The Morgan fingerprint density at radius 1 is 0.512 bits per heavy atom. The van der Waals surface area contributed by atoms with Crippen LogP contribution in [0.15, 0.2) is 60.7 Å². The summed E-state index contributed by atoms with van der Waals surface area (Å²) in [6.45, 7) is 11.9. The number of carbonyl (C=O) groups is 6. The van der Waals surface area contributed by atoms with Gasteiger partial charge in [-0.2, -0.15) is 135 Å². The summed E-state index contributed by atoms with van der Waals surface area (Å²) in [7, 11) is 3.62. The van der Waals surface area contributed by atoms with Gasteiger partial charge in [0.05, 0.1) is 32.8 Å². The van der Waals surface area contributed by atoms with E-state index < -0.39 is 58.9 Å². The van der Waals surface area contributed by atoms with Crippen LogP contribution in [0.25, 0.3) is 0 Å². The zero-order valence-corrected chi connectivity index (χ0v) is 61.0. The number of thiocarbonyl (C=S) groups is 2. The maximum absolute atomic E-state index is 14.6. The van der Waals surface area contributed by atoms with Crippen LogP contribution in [0.3, 0.4) is 0 Å². The Kier molecular flexibility index (Phi) is 41.9. The normalized spacial score (nSPS) is 24.9. The smallest absolute Gasteiger partial charge is 0.247 e. The van der Waals surface area contributed by atoms with Crippen molar-refractivity contribution in [2.24, 2.45) is 10.8 Å². The molecule has 2 aromatic carbocycles. The van der Waals surface area contributed by atoms with Crippen LogP contribution < -0.4 is 42.5 Å². The second-order valence-electron chi connectivity index (χ2n) is 21.3. The van der Waals surface area contributed by atoms with E-state index in [-0.39, 0.29) is 194 Å². The minimum Gasteiger partial charge on any atom is -0.367 e. The van der Waals surface area contributed by atoms with E-state index in [0.717, 1.165) is 11.5 Å². The molecule has 30 heteroatoms. The van der Waals surface area contributed by atoms with Gasteiger partial charge in [0.1, 0.15) is 36.3 Å². The quantitative estimate of drug-likeness (QED) is 0.100. The molecule has 472 valence electrons. The number of fused-ring (bicyclic) bond motifs is 2. The first-order valence-electron chi connectivity index (χ1n) is 25.4. The maximum atomic E-state index is 14.6. The highest BCUT2D eigenvalue weighted by molar-refractivity contribution is 8.00. The highest BCUT2D eigenvalue weighted by Gasteiger charge is 2.56. The molecule has 0 radical (unpaired) electrons. The lowest BCUT2D eigenvalue weighted by Gasteiger charge is -2.36. The van der Waals surface area contributed by atoms with E-state index in [2.05, 4.69) is 42.5 Å². The fourth-order valence-corrected chi connectivity index (χ4v) is 14.5. The predicted molar refractivity (Wildman–Crippen MR) is 397 cm³/mol. The number of rotatable bonds is 16. The van der Waals surface area contributed by atoms with E-state index >= 15 is 0 Å². The molecule has 0 spiro atoms. The van der Waals surface area contributed by atoms with Crippen molar-refractivity contribution in [2.45, 2.75) is 164 Å². The number of hydrogen-bond acceptors (Lipinski definition) is 12. The van der Waals surface area contributed by atoms with Crippen molar-refractivity contribution in [3.05, 3.63) is 71.8 Å². The molecule has 16 nitrogen and oxygen atoms in total. The molecule has 5 fully saturated rings. The number of hydrogen-bond donors (Lipinski definition) is 8. The fourth-order valence-electron chi connectivity index (χ4n) is 10.8. The molecule has 4 aliphatic heterocycles. The van der Waals surface area contributed by atoms with Crippen molar-refractivity contribution in [3.63, 3.8) is 0 Å². The number of likely N-dealkylation sites (N-methyl/N-ethyl adjacent to an activating group) is 2. The van der Waals surface area contributed by atoms with Crippen LogP contribution in [0, 0.1) is 10.8 Å². The van der Waals surface area contributed by atoms with Crippen molar-refractivity contribution < 1.29 is 28.8 Å². The Labute approximate surface area is 576 Å². The van der Waals surface area contributed by atoms with E-state index in [1.807, 2.05) is 116 Å². The summed E-state index contributed by atoms with van der Waals surface area (Å²) in [5, 5.41) is 24.9. The largest absolute Gasteiger partial charge is 0.367 e. The minimum absolute atomic E-state index is 0. The van der Waals surface area contributed by atoms with Crippen molar-refractivity contribution in [2.75, 3.05) is 25.6 Å². The third-order valence-corrected chi connectivity index (χ3v) is 18.6. The number of benzene rings is 2. The highest BCUT2D eigenvalue weighted by atomic mass is 32.2. The van der Waals surface area contributed by atoms with Gasteiger partial charge in [-0.1, -0.05) is 113 Å². The van der Waals surface area contributed by atoms with Crippen molar-refractivity contribution in [1.82, 2.24) is 52.3 Å². The molecule has 4 heterocycles. The summed E-state index contributed by atoms with van der Waals surface area (Å²) in [6.07, 6.45) is 4.63. The summed E-state index contributed by atoms with van der Waals surface area (Å²) >= 11 is 14.6. The van der Waals surface area contributed by atoms with Gasteiger partial charge in [-0.3, -0.25) is 28.8 Å². The Hall–Kier alpha value is -0.840. The SMILES string of the molecule is CN[C@@H](C)C(=S)N[C@H]1CCS[C@H]2CC(C)(C)[C@@H](C(=O)N[C@@H](C(=O)NC3CCC(NC(=O)[C@@H](NC(=O)[C@H]4N5C(=O)[C@H](NC(=S)[C@H](C)NC)CCS[C@H]5CC4(C)C)c4ccccc4)CC3)c3ccccc3)N2C1=O.S.S.S.S.S.S.S.S.S.S. The molecule has 8 N–H and O–H groups in total. The lowest BCUT2D eigenvalue weighted by Crippen LogP contribution is -2.59. The topological polar surface area (TPSA) is 205 Å². The Bertz CT molecular complexity index is 2190. The molecule has 6 amide bonds. The van der Waals surface area contributed by atoms with Gasteiger partial charge in [-0.15, -0.1) is 23.5 Å². The Morgan fingerprint density at radius 2 is 0.817 bits per heavy atom. The van der Waals surface area contributed by atoms with E-state index in [1.54, 1.807) is 33.3 Å². The molecule has 10 atom stereocenters. The lowest BCUT2D eigenvalue weighted by atomic mass is 9.83. The average molecular weight is 1400 g/mol. The molecule has 0 bridgehead atoms. The molecule has 0 unspecified atom stereocenters. The summed E-state index contributed by atoms with van der Waals surface area (Å²) < 4.78 is 0. The van der Waals surface area contributed by atoms with Crippen LogP contribution in [-0.4, -0.2) is 140 Å². The Balaban J connectivity index is -0.00000304. The summed E-state index contributed by atoms with van der Waals surface area (Å²) in [4.78, 5) is 91.2. The number of carbonyl (C=O) groups excluding carboxylic acids is 6. The van der Waals surface area contributed by atoms with E-state index in [1.165, 1.54) is 0 Å². The van der Waals surface area contributed by atoms with Gasteiger partial charge in [0.15, 0.2) is 0 Å². The zero-order chi connectivity index (χ0) is 52.1. The monoisotopic (exact) mass is 1400 g/mol. The van der Waals surface area contributed by atoms with Crippen molar-refractivity contribution in [1.29, 1.82) is 0 Å². The Morgan fingerprint density at radius 3 is 1.11 bits per heavy atom. The van der Waals surface area contributed by atoms with E-state index in [0.29, 0.717) is 72.5 Å². The standard InChI is InChI=1S/C52H74N10O6S4.10H2S/c1-29(53-7)47(69)57-35-23-25-71-37-27-51(3,4)41(61(37)49(35)67)45(65)59-39(31-15-11-9-12-16-31)43(63)55-33-19-21-34(22-20-33)56-44(64)40(32-17-13-10-14-18-32)60-46(66)42-52(5,6)28-38-62(42)50(68)36(24-26-72-38)58-48(70)30(2)54-8;;;;;;;;;;/h9-18,29-30,33-42,53-54H,19-28H2,1-8H3,(H,55,63)(H,56,64)(H,57,69)(H,58,70)(H,59,65)(H,60,66);10*1H2/t29-,30-,33?,34?,35-,36+,37-,38-,39+,40-,41+,42+;;;;;;;;;;/m0........../s1. The maximum Gasteiger partial charge on any atom is 0.247 e. The molecule has 0 aromatic heterocycles. The molecular formula is C52H94N10O6S14. The third kappa shape index (κ3) is 21.2. The summed E-state index contributed by atoms with van der Waals surface area (Å²) in [5.74, 6) is -0.413. The molecular weight excluding hydrogens is 1310 g/mol. The molecule has 7 rings (SSSR count). The molecule has 2 aromatic rings. The van der Waals surface area contributed by atoms with Crippen LogP contribution in [0.4, 0.5) is 0 Å². The number of thioether (sulfide) groups is 2. The van der Waals surface area contributed by atoms with Crippen LogP contribution in [-0.2, 0) is 28.8 Å². The van der Waals surface area contributed by atoms with Gasteiger partial charge in [0, 0.05) is 12.1 Å². The van der Waals surface area contributed by atoms with Gasteiger partial charge >= 0.3 is 0 Å². The lowest BCUT2D eigenvalue weighted by molar-refractivity contribution is -0.143. The first-order valence-corrected chi connectivity index (χ1v) is 28.3. The molecule has 1 aliphatic carbocycles. The van der Waals surface area contributed by atoms with Crippen LogP contribution in [0.5, 0.6) is 0 Å². The second-order valence-corrected chi connectivity index (χ2v) is 24.8. The van der Waals surface area contributed by atoms with Crippen LogP contribution in [0.1, 0.15) is 116 Å². The molecule has 82 heavy (non-hydrogen) atoms. The van der Waals surface area contributed by atoms with Crippen LogP contribution >= 0.6 is 183 Å². The summed E-state index contributed by atoms with van der Waals surface area (Å²) in [6, 6.07) is 12.6. The number of nitrogens with one attached hydrogen (secondary N) is 8. The van der Waals surface area contributed by atoms with Gasteiger partial charge in [0.25, 0.3) is 0 Å². The van der Waals surface area contributed by atoms with E-state index in [4.69, 9.17) is 24.4 Å². The van der Waals surface area contributed by atoms with Gasteiger partial charge in [-0.05, 0) is 113 Å². The van der Waals surface area contributed by atoms with Gasteiger partial charge < -0.3 is 52.3 Å². The highest BCUT2D eigenvalue weighted by Crippen LogP contribution is 2.48. The summed E-state index contributed by atoms with van der Waals surface area (Å²) in [5.41, 5.74) is 0.0683.